The van der Waals surface area contributed by atoms with Crippen molar-refractivity contribution in [2.24, 2.45) is 0 Å². The van der Waals surface area contributed by atoms with Crippen LogP contribution in [-0.2, 0) is 11.3 Å². The minimum atomic E-state index is -1.57. The van der Waals surface area contributed by atoms with Crippen LogP contribution in [0.15, 0.2) is 36.5 Å². The van der Waals surface area contributed by atoms with Gasteiger partial charge in [-0.3, -0.25) is 10.1 Å². The number of amides is 3. The number of ether oxygens (including phenoxy) is 1. The minimum Gasteiger partial charge on any atom is -0.497 e. The number of aryl methyl sites for hydroxylation is 1. The highest BCUT2D eigenvalue weighted by molar-refractivity contribution is 6.09. The van der Waals surface area contributed by atoms with Crippen molar-refractivity contribution in [3.05, 3.63) is 47.9 Å². The molecule has 1 aliphatic rings. The second kappa shape index (κ2) is 6.83. The van der Waals surface area contributed by atoms with Gasteiger partial charge < -0.3 is 19.7 Å². The molecule has 3 amide bonds. The third-order valence-corrected chi connectivity index (χ3v) is 4.62. The Morgan fingerprint density at radius 1 is 1.24 bits per heavy atom. The van der Waals surface area contributed by atoms with Gasteiger partial charge >= 0.3 is 6.03 Å². The number of aromatic nitrogens is 3. The van der Waals surface area contributed by atoms with Gasteiger partial charge in [-0.25, -0.2) is 4.79 Å². The molecule has 9 nitrogen and oxygen atoms in total. The predicted molar refractivity (Wildman–Crippen MR) is 103 cm³/mol. The first-order chi connectivity index (χ1) is 13.9. The number of fused-ring (bicyclic) bond motifs is 1. The maximum Gasteiger partial charge on any atom is 0.323 e. The van der Waals surface area contributed by atoms with E-state index in [0.29, 0.717) is 16.8 Å². The molecule has 3 aromatic rings. The summed E-state index contributed by atoms with van der Waals surface area (Å²) in [5.41, 5.74) is -0.479. The molecule has 3 N–H and O–H groups in total. The second-order valence-electron chi connectivity index (χ2n) is 6.66. The molecule has 3 heterocycles. The smallest absolute Gasteiger partial charge is 0.323 e. The van der Waals surface area contributed by atoms with Crippen molar-refractivity contribution < 1.29 is 19.4 Å². The summed E-state index contributed by atoms with van der Waals surface area (Å²) in [6.07, 6.45) is 1.68. The van der Waals surface area contributed by atoms with Gasteiger partial charge in [0, 0.05) is 17.0 Å². The fourth-order valence-electron chi connectivity index (χ4n) is 3.10. The van der Waals surface area contributed by atoms with E-state index in [4.69, 9.17) is 4.74 Å². The van der Waals surface area contributed by atoms with E-state index in [2.05, 4.69) is 32.7 Å². The third-order valence-electron chi connectivity index (χ3n) is 4.62. The molecule has 0 aliphatic carbocycles. The van der Waals surface area contributed by atoms with Crippen molar-refractivity contribution in [2.75, 3.05) is 7.11 Å². The van der Waals surface area contributed by atoms with Crippen LogP contribution in [0.3, 0.4) is 0 Å². The SMILES string of the molecule is COc1ccc2cn(C[C@@]3(C#Cc4ccc(C)nn4)NC(=O)NC3=O)c(O)c2c1. The van der Waals surface area contributed by atoms with Gasteiger partial charge in [0.25, 0.3) is 5.91 Å². The van der Waals surface area contributed by atoms with Crippen molar-refractivity contribution in [3.8, 4) is 23.5 Å². The van der Waals surface area contributed by atoms with Gasteiger partial charge in [0.05, 0.1) is 19.3 Å². The normalized spacial score (nSPS) is 18.1. The summed E-state index contributed by atoms with van der Waals surface area (Å²) in [4.78, 5) is 24.4. The van der Waals surface area contributed by atoms with Gasteiger partial charge in [-0.1, -0.05) is 5.92 Å². The Bertz CT molecular complexity index is 1190. The standard InChI is InChI=1S/C20H17N5O4/c1-12-3-5-14(24-23-12)7-8-20(18(27)21-19(28)22-20)11-25-10-13-4-6-15(29-2)9-16(13)17(25)26/h3-6,9-10,26H,11H2,1-2H3,(H2,21,22,27,28)/t20-/m1/s1. The summed E-state index contributed by atoms with van der Waals surface area (Å²) in [5.74, 6) is 5.50. The van der Waals surface area contributed by atoms with Gasteiger partial charge in [-0.15, -0.1) is 5.10 Å². The van der Waals surface area contributed by atoms with Crippen LogP contribution in [0.25, 0.3) is 10.8 Å². The molecule has 0 saturated carbocycles. The van der Waals surface area contributed by atoms with E-state index >= 15 is 0 Å². The monoisotopic (exact) mass is 391 g/mol. The average Bonchev–Trinajstić information content (AvgIpc) is 3.16. The Morgan fingerprint density at radius 3 is 2.72 bits per heavy atom. The van der Waals surface area contributed by atoms with Crippen molar-refractivity contribution in [2.45, 2.75) is 19.0 Å². The lowest BCUT2D eigenvalue weighted by Crippen LogP contribution is -2.49. The summed E-state index contributed by atoms with van der Waals surface area (Å²) in [5, 5.41) is 24.6. The Kier molecular flexibility index (Phi) is 4.31. The van der Waals surface area contributed by atoms with Crippen molar-refractivity contribution in [3.63, 3.8) is 0 Å². The number of urea groups is 1. The van der Waals surface area contributed by atoms with Crippen LogP contribution in [0.4, 0.5) is 4.79 Å². The Hall–Kier alpha value is -4.06. The number of aromatic hydroxyl groups is 1. The number of nitrogens with zero attached hydrogens (tertiary/aromatic N) is 3. The summed E-state index contributed by atoms with van der Waals surface area (Å²) >= 11 is 0. The minimum absolute atomic E-state index is 0.0656. The highest BCUT2D eigenvalue weighted by Gasteiger charge is 2.46. The van der Waals surface area contributed by atoms with E-state index in [0.717, 1.165) is 11.1 Å². The molecule has 1 aliphatic heterocycles. The molecule has 1 aromatic carbocycles. The molecule has 146 valence electrons. The maximum absolute atomic E-state index is 12.6. The summed E-state index contributed by atoms with van der Waals surface area (Å²) in [6.45, 7) is 1.70. The number of methoxy groups -OCH3 is 1. The molecule has 1 atom stereocenters. The second-order valence-corrected chi connectivity index (χ2v) is 6.66. The van der Waals surface area contributed by atoms with E-state index in [9.17, 15) is 14.7 Å². The number of hydrogen-bond acceptors (Lipinski definition) is 6. The average molecular weight is 391 g/mol. The predicted octanol–water partition coefficient (Wildman–Crippen LogP) is 1.08. The van der Waals surface area contributed by atoms with Crippen LogP contribution in [0.1, 0.15) is 11.4 Å². The van der Waals surface area contributed by atoms with E-state index in [1.54, 1.807) is 43.5 Å². The number of nitrogens with one attached hydrogen (secondary N) is 2. The Morgan fingerprint density at radius 2 is 2.07 bits per heavy atom. The molecule has 0 unspecified atom stereocenters. The lowest BCUT2D eigenvalue weighted by molar-refractivity contribution is -0.122. The van der Waals surface area contributed by atoms with Gasteiger partial charge in [0.1, 0.15) is 11.4 Å². The molecule has 9 heteroatoms. The highest BCUT2D eigenvalue weighted by atomic mass is 16.5. The van der Waals surface area contributed by atoms with E-state index in [1.807, 2.05) is 0 Å². The number of rotatable bonds is 3. The topological polar surface area (TPSA) is 118 Å². The summed E-state index contributed by atoms with van der Waals surface area (Å²) in [6, 6.07) is 8.01. The number of carbonyl (C=O) groups excluding carboxylic acids is 2. The lowest BCUT2D eigenvalue weighted by Gasteiger charge is -2.20. The fourth-order valence-corrected chi connectivity index (χ4v) is 3.10. The van der Waals surface area contributed by atoms with Crippen molar-refractivity contribution >= 4 is 22.7 Å². The first-order valence-corrected chi connectivity index (χ1v) is 8.73. The van der Waals surface area contributed by atoms with Crippen LogP contribution in [-0.4, -0.2) is 44.5 Å². The molecule has 1 fully saturated rings. The van der Waals surface area contributed by atoms with Gasteiger partial charge in [-0.05, 0) is 43.2 Å². The molecule has 2 aromatic heterocycles. The zero-order valence-corrected chi connectivity index (χ0v) is 15.7. The molecule has 0 bridgehead atoms. The molecule has 4 rings (SSSR count). The largest absolute Gasteiger partial charge is 0.497 e. The zero-order chi connectivity index (χ0) is 20.6. The Balaban J connectivity index is 1.75. The first-order valence-electron chi connectivity index (χ1n) is 8.73. The Labute approximate surface area is 165 Å². The van der Waals surface area contributed by atoms with Crippen LogP contribution in [0.2, 0.25) is 0 Å². The molecular weight excluding hydrogens is 374 g/mol. The molecule has 0 spiro atoms. The zero-order valence-electron chi connectivity index (χ0n) is 15.7. The molecule has 0 radical (unpaired) electrons. The van der Waals surface area contributed by atoms with Crippen molar-refractivity contribution in [1.29, 1.82) is 0 Å². The van der Waals surface area contributed by atoms with Gasteiger partial charge in [0.2, 0.25) is 5.54 Å². The summed E-state index contributed by atoms with van der Waals surface area (Å²) in [7, 11) is 1.53. The quantitative estimate of drug-likeness (QED) is 0.454. The molecule has 29 heavy (non-hydrogen) atoms. The highest BCUT2D eigenvalue weighted by Crippen LogP contribution is 2.31. The number of carbonyl (C=O) groups is 2. The maximum atomic E-state index is 12.6. The van der Waals surface area contributed by atoms with Crippen LogP contribution in [0, 0.1) is 18.8 Å². The third kappa shape index (κ3) is 3.32. The van der Waals surface area contributed by atoms with E-state index < -0.39 is 17.5 Å². The number of imide groups is 1. The van der Waals surface area contributed by atoms with Crippen LogP contribution < -0.4 is 15.4 Å². The van der Waals surface area contributed by atoms with Crippen LogP contribution in [0.5, 0.6) is 11.6 Å². The van der Waals surface area contributed by atoms with Crippen LogP contribution >= 0.6 is 0 Å². The lowest BCUT2D eigenvalue weighted by atomic mass is 10.0. The molecular formula is C20H17N5O4. The number of hydrogen-bond donors (Lipinski definition) is 3. The van der Waals surface area contributed by atoms with E-state index in [-0.39, 0.29) is 12.4 Å². The first kappa shape index (κ1) is 18.3. The van der Waals surface area contributed by atoms with E-state index in [1.165, 1.54) is 11.7 Å². The fraction of sp³-hybridized carbons (Fsp3) is 0.200. The molecule has 1 saturated heterocycles. The van der Waals surface area contributed by atoms with Gasteiger partial charge in [0.15, 0.2) is 5.88 Å². The number of benzene rings is 1. The van der Waals surface area contributed by atoms with Gasteiger partial charge in [-0.2, -0.15) is 5.10 Å². The van der Waals surface area contributed by atoms with Crippen molar-refractivity contribution in [1.82, 2.24) is 25.4 Å². The summed E-state index contributed by atoms with van der Waals surface area (Å²) < 4.78 is 6.65.